The van der Waals surface area contributed by atoms with Crippen molar-refractivity contribution in [3.8, 4) is 16.6 Å². The fraction of sp³-hybridized carbons (Fsp3) is 0.150. The number of hydrogen-bond acceptors (Lipinski definition) is 6. The van der Waals surface area contributed by atoms with Crippen LogP contribution in [0.1, 0.15) is 16.1 Å². The van der Waals surface area contributed by atoms with Gasteiger partial charge in [-0.25, -0.2) is 4.98 Å². The number of para-hydroxylation sites is 2. The van der Waals surface area contributed by atoms with Crippen LogP contribution >= 0.6 is 22.9 Å². The number of ether oxygens (including phenoxy) is 2. The zero-order valence-electron chi connectivity index (χ0n) is 15.9. The lowest BCUT2D eigenvalue weighted by atomic mass is 10.1. The van der Waals surface area contributed by atoms with Gasteiger partial charge in [-0.2, -0.15) is 9.78 Å². The van der Waals surface area contributed by atoms with E-state index in [2.05, 4.69) is 15.4 Å². The number of anilines is 1. The molecular formula is C20H17ClN4O3S. The predicted molar refractivity (Wildman–Crippen MR) is 114 cm³/mol. The van der Waals surface area contributed by atoms with Crippen LogP contribution in [0.15, 0.2) is 42.5 Å². The second kappa shape index (κ2) is 7.73. The van der Waals surface area contributed by atoms with E-state index in [1.807, 2.05) is 19.1 Å². The van der Waals surface area contributed by atoms with Gasteiger partial charge in [-0.3, -0.25) is 4.79 Å². The van der Waals surface area contributed by atoms with Crippen LogP contribution in [0.5, 0.6) is 11.5 Å². The van der Waals surface area contributed by atoms with Gasteiger partial charge in [0, 0.05) is 6.07 Å². The van der Waals surface area contributed by atoms with Crippen molar-refractivity contribution < 1.29 is 14.3 Å². The van der Waals surface area contributed by atoms with Crippen molar-refractivity contribution in [2.45, 2.75) is 6.92 Å². The minimum absolute atomic E-state index is 0.346. The molecule has 0 aliphatic heterocycles. The molecule has 29 heavy (non-hydrogen) atoms. The van der Waals surface area contributed by atoms with Crippen molar-refractivity contribution in [2.24, 2.45) is 0 Å². The molecule has 0 spiro atoms. The minimum Gasteiger partial charge on any atom is -0.493 e. The number of aryl methyl sites for hydroxylation is 1. The van der Waals surface area contributed by atoms with Crippen molar-refractivity contribution in [3.63, 3.8) is 0 Å². The lowest BCUT2D eigenvalue weighted by Gasteiger charge is -2.12. The van der Waals surface area contributed by atoms with Gasteiger partial charge in [0.15, 0.2) is 11.5 Å². The average molecular weight is 429 g/mol. The van der Waals surface area contributed by atoms with E-state index < -0.39 is 0 Å². The molecule has 0 saturated heterocycles. The molecule has 0 atom stereocenters. The fourth-order valence-electron chi connectivity index (χ4n) is 2.98. The smallest absolute Gasteiger partial charge is 0.260 e. The van der Waals surface area contributed by atoms with Crippen LogP contribution in [-0.4, -0.2) is 34.9 Å². The van der Waals surface area contributed by atoms with Crippen LogP contribution < -0.4 is 14.8 Å². The van der Waals surface area contributed by atoms with E-state index in [0.29, 0.717) is 38.6 Å². The number of benzene rings is 2. The summed E-state index contributed by atoms with van der Waals surface area (Å²) in [5.74, 6) is 0.987. The second-order valence-corrected chi connectivity index (χ2v) is 7.58. The fourth-order valence-corrected chi connectivity index (χ4v) is 4.21. The first kappa shape index (κ1) is 19.2. The normalized spacial score (nSPS) is 10.9. The molecule has 4 rings (SSSR count). The molecule has 0 saturated carbocycles. The van der Waals surface area contributed by atoms with E-state index in [9.17, 15) is 4.79 Å². The third-order valence-corrected chi connectivity index (χ3v) is 5.56. The summed E-state index contributed by atoms with van der Waals surface area (Å²) in [4.78, 5) is 17.5. The Morgan fingerprint density at radius 3 is 2.69 bits per heavy atom. The Bertz CT molecular complexity index is 1220. The van der Waals surface area contributed by atoms with Gasteiger partial charge in [0.2, 0.25) is 5.13 Å². The van der Waals surface area contributed by atoms with E-state index in [4.69, 9.17) is 21.1 Å². The van der Waals surface area contributed by atoms with Crippen LogP contribution in [0, 0.1) is 6.92 Å². The number of thiazole rings is 1. The molecule has 4 aromatic rings. The van der Waals surface area contributed by atoms with Gasteiger partial charge >= 0.3 is 0 Å². The molecule has 0 unspecified atom stereocenters. The number of methoxy groups -OCH3 is 2. The molecule has 9 heteroatoms. The lowest BCUT2D eigenvalue weighted by Crippen LogP contribution is -2.16. The summed E-state index contributed by atoms with van der Waals surface area (Å²) in [5, 5.41) is 8.55. The van der Waals surface area contributed by atoms with Gasteiger partial charge in [-0.05, 0) is 31.2 Å². The van der Waals surface area contributed by atoms with Crippen LogP contribution in [0.3, 0.4) is 0 Å². The Hall–Kier alpha value is -3.10. The van der Waals surface area contributed by atoms with E-state index >= 15 is 0 Å². The number of hydrogen-bond donors (Lipinski definition) is 1. The number of rotatable bonds is 5. The SMILES string of the molecule is COc1cccc(C(=O)Nc2cc(C)nn2-c2nc3c(Cl)cccc3s2)c1OC. The number of carbonyl (C=O) groups is 1. The number of aromatic nitrogens is 3. The first-order chi connectivity index (χ1) is 14.0. The minimum atomic E-state index is -0.346. The highest BCUT2D eigenvalue weighted by atomic mass is 35.5. The van der Waals surface area contributed by atoms with Crippen molar-refractivity contribution in [3.05, 3.63) is 58.7 Å². The zero-order valence-corrected chi connectivity index (χ0v) is 17.5. The lowest BCUT2D eigenvalue weighted by molar-refractivity contribution is 0.102. The molecule has 7 nitrogen and oxygen atoms in total. The molecule has 0 radical (unpaired) electrons. The summed E-state index contributed by atoms with van der Waals surface area (Å²) in [5.41, 5.74) is 1.79. The molecule has 1 N–H and O–H groups in total. The van der Waals surface area contributed by atoms with E-state index in [0.717, 1.165) is 10.4 Å². The Labute approximate surface area is 175 Å². The topological polar surface area (TPSA) is 78.3 Å². The number of nitrogens with zero attached hydrogens (tertiary/aromatic N) is 3. The molecule has 2 aromatic heterocycles. The van der Waals surface area contributed by atoms with Crippen LogP contribution in [0.25, 0.3) is 15.3 Å². The number of halogens is 1. The van der Waals surface area contributed by atoms with Gasteiger partial charge < -0.3 is 14.8 Å². The molecular weight excluding hydrogens is 412 g/mol. The number of carbonyl (C=O) groups excluding carboxylic acids is 1. The highest BCUT2D eigenvalue weighted by molar-refractivity contribution is 7.20. The predicted octanol–water partition coefficient (Wildman–Crippen LogP) is 4.71. The van der Waals surface area contributed by atoms with Gasteiger partial charge in [-0.15, -0.1) is 0 Å². The van der Waals surface area contributed by atoms with Gasteiger partial charge in [0.25, 0.3) is 5.91 Å². The summed E-state index contributed by atoms with van der Waals surface area (Å²) in [7, 11) is 3.02. The standard InChI is InChI=1S/C20H17ClN4O3S/c1-11-10-16(22-19(26)12-6-4-8-14(27-2)18(12)28-3)25(24-11)20-23-17-13(21)7-5-9-15(17)29-20/h4-10H,1-3H3,(H,22,26). The van der Waals surface area contributed by atoms with Crippen LogP contribution in [-0.2, 0) is 0 Å². The van der Waals surface area contributed by atoms with Crippen molar-refractivity contribution in [2.75, 3.05) is 19.5 Å². The summed E-state index contributed by atoms with van der Waals surface area (Å²) in [6.07, 6.45) is 0. The summed E-state index contributed by atoms with van der Waals surface area (Å²) in [6.45, 7) is 1.85. The number of amides is 1. The largest absolute Gasteiger partial charge is 0.493 e. The first-order valence-corrected chi connectivity index (χ1v) is 9.85. The number of nitrogens with one attached hydrogen (secondary N) is 1. The summed E-state index contributed by atoms with van der Waals surface area (Å²) in [6, 6.07) is 12.5. The molecule has 0 aliphatic rings. The molecule has 0 bridgehead atoms. The van der Waals surface area contributed by atoms with E-state index in [1.165, 1.54) is 25.6 Å². The second-order valence-electron chi connectivity index (χ2n) is 6.16. The van der Waals surface area contributed by atoms with E-state index in [1.54, 1.807) is 35.0 Å². The summed E-state index contributed by atoms with van der Waals surface area (Å²) < 4.78 is 13.2. The summed E-state index contributed by atoms with van der Waals surface area (Å²) >= 11 is 7.69. The average Bonchev–Trinajstić information content (AvgIpc) is 3.31. The molecule has 148 valence electrons. The van der Waals surface area contributed by atoms with Crippen molar-refractivity contribution >= 4 is 44.9 Å². The van der Waals surface area contributed by atoms with Crippen LogP contribution in [0.2, 0.25) is 5.02 Å². The zero-order chi connectivity index (χ0) is 20.5. The Morgan fingerprint density at radius 2 is 1.97 bits per heavy atom. The Morgan fingerprint density at radius 1 is 1.17 bits per heavy atom. The maximum atomic E-state index is 13.0. The van der Waals surface area contributed by atoms with Crippen LogP contribution in [0.4, 0.5) is 5.82 Å². The molecule has 1 amide bonds. The maximum Gasteiger partial charge on any atom is 0.260 e. The van der Waals surface area contributed by atoms with Gasteiger partial charge in [0.05, 0.1) is 35.2 Å². The monoisotopic (exact) mass is 428 g/mol. The van der Waals surface area contributed by atoms with Gasteiger partial charge in [-0.1, -0.05) is 35.1 Å². The highest BCUT2D eigenvalue weighted by Crippen LogP contribution is 2.33. The quantitative estimate of drug-likeness (QED) is 0.498. The molecule has 2 aromatic carbocycles. The molecule has 0 fully saturated rings. The third-order valence-electron chi connectivity index (χ3n) is 4.26. The molecule has 2 heterocycles. The number of fused-ring (bicyclic) bond motifs is 1. The highest BCUT2D eigenvalue weighted by Gasteiger charge is 2.20. The van der Waals surface area contributed by atoms with Gasteiger partial charge in [0.1, 0.15) is 11.3 Å². The first-order valence-electron chi connectivity index (χ1n) is 8.66. The molecule has 0 aliphatic carbocycles. The Kier molecular flexibility index (Phi) is 5.12. The third kappa shape index (κ3) is 3.52. The Balaban J connectivity index is 1.72. The van der Waals surface area contributed by atoms with Crippen molar-refractivity contribution in [1.29, 1.82) is 0 Å². The van der Waals surface area contributed by atoms with Crippen molar-refractivity contribution in [1.82, 2.24) is 14.8 Å². The van der Waals surface area contributed by atoms with E-state index in [-0.39, 0.29) is 5.91 Å². The maximum absolute atomic E-state index is 13.0.